The highest BCUT2D eigenvalue weighted by Crippen LogP contribution is 2.25. The van der Waals surface area contributed by atoms with Crippen LogP contribution in [0.1, 0.15) is 16.8 Å². The largest absolute Gasteiger partial charge is 0.466 e. The number of fused-ring (bicyclic) bond motifs is 1. The van der Waals surface area contributed by atoms with Crippen molar-refractivity contribution >= 4 is 44.4 Å². The van der Waals surface area contributed by atoms with Gasteiger partial charge in [0.25, 0.3) is 0 Å². The lowest BCUT2D eigenvalue weighted by Crippen LogP contribution is -2.04. The van der Waals surface area contributed by atoms with Crippen LogP contribution in [0.3, 0.4) is 0 Å². The maximum absolute atomic E-state index is 12.0. The minimum atomic E-state index is -3.37. The second kappa shape index (κ2) is 7.77. The molecule has 0 amide bonds. The summed E-state index contributed by atoms with van der Waals surface area (Å²) >= 11 is 6.03. The number of ether oxygens (including phenoxy) is 1. The van der Waals surface area contributed by atoms with E-state index in [2.05, 4.69) is 9.84 Å². The molecule has 1 heterocycles. The fourth-order valence-corrected chi connectivity index (χ4v) is 3.73. The maximum atomic E-state index is 12.0. The van der Waals surface area contributed by atoms with E-state index in [1.54, 1.807) is 29.0 Å². The van der Waals surface area contributed by atoms with Crippen LogP contribution in [-0.2, 0) is 25.9 Å². The number of hydrogen-bond donors (Lipinski definition) is 0. The first-order valence-electron chi connectivity index (χ1n) is 8.40. The van der Waals surface area contributed by atoms with Crippen LogP contribution in [0.25, 0.3) is 17.0 Å². The molecule has 0 aliphatic carbocycles. The first-order chi connectivity index (χ1) is 13.2. The Morgan fingerprint density at radius 1 is 1.25 bits per heavy atom. The van der Waals surface area contributed by atoms with E-state index in [0.29, 0.717) is 22.8 Å². The van der Waals surface area contributed by atoms with E-state index >= 15 is 0 Å². The lowest BCUT2D eigenvalue weighted by molar-refractivity contribution is -0.134. The van der Waals surface area contributed by atoms with Crippen molar-refractivity contribution in [2.24, 2.45) is 0 Å². The lowest BCUT2D eigenvalue weighted by Gasteiger charge is -2.08. The van der Waals surface area contributed by atoms with Crippen LogP contribution in [-0.4, -0.2) is 37.5 Å². The molecular weight excluding hydrogens is 400 g/mol. The number of carbonyl (C=O) groups is 1. The molecule has 0 radical (unpaired) electrons. The van der Waals surface area contributed by atoms with Gasteiger partial charge in [-0.05, 0) is 54.5 Å². The topological polar surface area (TPSA) is 78.3 Å². The summed E-state index contributed by atoms with van der Waals surface area (Å²) in [7, 11) is -2.07. The number of methoxy groups -OCH3 is 1. The number of hydrogen-bond acceptors (Lipinski definition) is 5. The van der Waals surface area contributed by atoms with Crippen LogP contribution >= 0.6 is 11.6 Å². The van der Waals surface area contributed by atoms with Gasteiger partial charge in [0, 0.05) is 22.7 Å². The number of sulfone groups is 1. The first kappa shape index (κ1) is 20.1. The van der Waals surface area contributed by atoms with Crippen molar-refractivity contribution in [1.82, 2.24) is 9.78 Å². The van der Waals surface area contributed by atoms with E-state index in [1.807, 2.05) is 19.1 Å². The van der Waals surface area contributed by atoms with E-state index in [9.17, 15) is 13.2 Å². The molecule has 0 unspecified atom stereocenters. The molecule has 28 heavy (non-hydrogen) atoms. The molecule has 146 valence electrons. The Hall–Kier alpha value is -2.64. The van der Waals surface area contributed by atoms with Crippen molar-refractivity contribution in [2.45, 2.75) is 18.4 Å². The highest BCUT2D eigenvalue weighted by Gasteiger charge is 2.15. The smallest absolute Gasteiger partial charge is 0.330 e. The van der Waals surface area contributed by atoms with Gasteiger partial charge in [-0.15, -0.1) is 0 Å². The monoisotopic (exact) mass is 418 g/mol. The molecule has 0 fully saturated rings. The number of esters is 1. The van der Waals surface area contributed by atoms with E-state index < -0.39 is 15.8 Å². The van der Waals surface area contributed by atoms with Crippen molar-refractivity contribution < 1.29 is 17.9 Å². The molecule has 0 saturated heterocycles. The molecule has 3 aromatic rings. The van der Waals surface area contributed by atoms with E-state index in [4.69, 9.17) is 11.6 Å². The third kappa shape index (κ3) is 4.26. The molecule has 3 rings (SSSR count). The van der Waals surface area contributed by atoms with Gasteiger partial charge in [-0.2, -0.15) is 5.10 Å². The zero-order valence-corrected chi connectivity index (χ0v) is 17.2. The molecule has 0 aliphatic heterocycles. The fourth-order valence-electron chi connectivity index (χ4n) is 2.87. The summed E-state index contributed by atoms with van der Waals surface area (Å²) in [4.78, 5) is 11.7. The molecular formula is C20H19ClN2O4S. The van der Waals surface area contributed by atoms with E-state index in [1.165, 1.54) is 19.3 Å². The number of rotatable bonds is 5. The molecule has 0 bridgehead atoms. The predicted molar refractivity (Wildman–Crippen MR) is 109 cm³/mol. The Morgan fingerprint density at radius 2 is 2.00 bits per heavy atom. The van der Waals surface area contributed by atoms with Crippen molar-refractivity contribution in [3.8, 4) is 0 Å². The van der Waals surface area contributed by atoms with Crippen LogP contribution in [0, 0.1) is 6.92 Å². The van der Waals surface area contributed by atoms with Crippen LogP contribution in [0.4, 0.5) is 0 Å². The number of aromatic nitrogens is 2. The summed E-state index contributed by atoms with van der Waals surface area (Å²) in [6, 6.07) is 10.4. The van der Waals surface area contributed by atoms with Crippen molar-refractivity contribution in [3.05, 3.63) is 64.3 Å². The molecule has 0 saturated carbocycles. The molecule has 2 aromatic carbocycles. The molecule has 8 heteroatoms. The molecule has 0 spiro atoms. The quantitative estimate of drug-likeness (QED) is 0.467. The Labute approximate surface area is 168 Å². The highest BCUT2D eigenvalue weighted by molar-refractivity contribution is 7.90. The highest BCUT2D eigenvalue weighted by atomic mass is 35.5. The Balaban J connectivity index is 2.15. The van der Waals surface area contributed by atoms with Gasteiger partial charge in [0.05, 0.1) is 29.8 Å². The van der Waals surface area contributed by atoms with Crippen molar-refractivity contribution in [2.75, 3.05) is 13.4 Å². The van der Waals surface area contributed by atoms with Gasteiger partial charge >= 0.3 is 5.97 Å². The summed E-state index contributed by atoms with van der Waals surface area (Å²) in [6.07, 6.45) is 4.00. The zero-order chi connectivity index (χ0) is 20.5. The van der Waals surface area contributed by atoms with Crippen LogP contribution < -0.4 is 0 Å². The fraction of sp³-hybridized carbons (Fsp3) is 0.200. The minimum absolute atomic E-state index is 0.206. The van der Waals surface area contributed by atoms with Gasteiger partial charge < -0.3 is 4.74 Å². The summed E-state index contributed by atoms with van der Waals surface area (Å²) in [5.41, 5.74) is 3.21. The summed E-state index contributed by atoms with van der Waals surface area (Å²) in [5.74, 6) is -0.496. The third-order valence-corrected chi connectivity index (χ3v) is 5.73. The van der Waals surface area contributed by atoms with Gasteiger partial charge in [0.1, 0.15) is 0 Å². The SMILES string of the molecule is COC(=O)/C=C/c1nn(Cc2ccc(Cl)cc2C)c2cc(S(C)(=O)=O)ccc12. The second-order valence-electron chi connectivity index (χ2n) is 6.42. The number of benzene rings is 2. The Kier molecular flexibility index (Phi) is 5.58. The zero-order valence-electron chi connectivity index (χ0n) is 15.6. The second-order valence-corrected chi connectivity index (χ2v) is 8.87. The molecule has 0 atom stereocenters. The number of nitrogens with zero attached hydrogens (tertiary/aromatic N) is 2. The van der Waals surface area contributed by atoms with Crippen LogP contribution in [0.5, 0.6) is 0 Å². The number of aryl methyl sites for hydroxylation is 1. The molecule has 1 aromatic heterocycles. The standard InChI is InChI=1S/C20H19ClN2O4S/c1-13-10-15(21)5-4-14(13)12-23-19-11-16(28(3,25)26)6-7-17(19)18(22-23)8-9-20(24)27-2/h4-11H,12H2,1-3H3/b9-8+. The summed E-state index contributed by atoms with van der Waals surface area (Å²) in [6.45, 7) is 2.38. The van der Waals surface area contributed by atoms with Gasteiger partial charge in [0.2, 0.25) is 0 Å². The van der Waals surface area contributed by atoms with E-state index in [-0.39, 0.29) is 4.90 Å². The minimum Gasteiger partial charge on any atom is -0.466 e. The predicted octanol–water partition coefficient (Wildman–Crippen LogP) is 3.64. The third-order valence-electron chi connectivity index (χ3n) is 4.38. The van der Waals surface area contributed by atoms with Crippen molar-refractivity contribution in [1.29, 1.82) is 0 Å². The Bertz CT molecular complexity index is 1200. The average molecular weight is 419 g/mol. The van der Waals surface area contributed by atoms with Gasteiger partial charge in [-0.25, -0.2) is 13.2 Å². The number of halogens is 1. The molecule has 0 aliphatic rings. The summed E-state index contributed by atoms with van der Waals surface area (Å²) in [5, 5.41) is 5.95. The van der Waals surface area contributed by atoms with Crippen molar-refractivity contribution in [3.63, 3.8) is 0 Å². The normalized spacial score (nSPS) is 12.0. The van der Waals surface area contributed by atoms with E-state index in [0.717, 1.165) is 22.8 Å². The molecule has 6 nitrogen and oxygen atoms in total. The molecule has 0 N–H and O–H groups in total. The number of carbonyl (C=O) groups excluding carboxylic acids is 1. The van der Waals surface area contributed by atoms with Crippen LogP contribution in [0.2, 0.25) is 5.02 Å². The summed E-state index contributed by atoms with van der Waals surface area (Å²) < 4.78 is 30.3. The Morgan fingerprint density at radius 3 is 2.64 bits per heavy atom. The van der Waals surface area contributed by atoms with Gasteiger partial charge in [-0.1, -0.05) is 17.7 Å². The van der Waals surface area contributed by atoms with Crippen LogP contribution in [0.15, 0.2) is 47.4 Å². The first-order valence-corrected chi connectivity index (χ1v) is 10.7. The lowest BCUT2D eigenvalue weighted by atomic mass is 10.1. The van der Waals surface area contributed by atoms with Gasteiger partial charge in [0.15, 0.2) is 9.84 Å². The maximum Gasteiger partial charge on any atom is 0.330 e. The van der Waals surface area contributed by atoms with Gasteiger partial charge in [-0.3, -0.25) is 4.68 Å². The average Bonchev–Trinajstić information content (AvgIpc) is 2.98.